The number of aromatic nitrogens is 2. The molecule has 4 aromatic rings. The summed E-state index contributed by atoms with van der Waals surface area (Å²) in [5, 5.41) is 0. The van der Waals surface area contributed by atoms with Crippen LogP contribution in [0.3, 0.4) is 0 Å². The van der Waals surface area contributed by atoms with Gasteiger partial charge in [-0.1, -0.05) is 48.5 Å². The van der Waals surface area contributed by atoms with E-state index in [1.165, 1.54) is 39.0 Å². The fraction of sp³-hybridized carbons (Fsp3) is 0.300. The summed E-state index contributed by atoms with van der Waals surface area (Å²) in [4.78, 5) is 7.21. The van der Waals surface area contributed by atoms with Gasteiger partial charge in [0.1, 0.15) is 5.65 Å². The van der Waals surface area contributed by atoms with E-state index in [9.17, 15) is 4.39 Å². The zero-order chi connectivity index (χ0) is 23.1. The molecule has 0 atom stereocenters. The average Bonchev–Trinajstić information content (AvgIpc) is 3.13. The Morgan fingerprint density at radius 2 is 1.76 bits per heavy atom. The van der Waals surface area contributed by atoms with Crippen molar-refractivity contribution in [2.75, 3.05) is 19.8 Å². The molecule has 1 aliphatic carbocycles. The zero-order valence-electron chi connectivity index (χ0n) is 19.7. The number of nitrogens with zero attached hydrogens (tertiary/aromatic N) is 3. The van der Waals surface area contributed by atoms with E-state index in [4.69, 9.17) is 4.98 Å². The van der Waals surface area contributed by atoms with Crippen LogP contribution in [0.5, 0.6) is 0 Å². The lowest BCUT2D eigenvalue weighted by Crippen LogP contribution is -2.46. The summed E-state index contributed by atoms with van der Waals surface area (Å²) in [5.41, 5.74) is 11.4. The van der Waals surface area contributed by atoms with Gasteiger partial charge in [-0.3, -0.25) is 9.29 Å². The molecule has 3 nitrogen and oxygen atoms in total. The van der Waals surface area contributed by atoms with Crippen LogP contribution >= 0.6 is 0 Å². The molecule has 2 aromatic heterocycles. The summed E-state index contributed by atoms with van der Waals surface area (Å²) < 4.78 is 14.9. The van der Waals surface area contributed by atoms with Crippen LogP contribution in [0.15, 0.2) is 73.1 Å². The molecular weight excluding hydrogens is 421 g/mol. The smallest absolute Gasteiger partial charge is 0.137 e. The first-order chi connectivity index (χ1) is 16.7. The highest BCUT2D eigenvalue weighted by molar-refractivity contribution is 6.00. The van der Waals surface area contributed by atoms with Crippen molar-refractivity contribution in [3.63, 3.8) is 0 Å². The predicted molar refractivity (Wildman–Crippen MR) is 136 cm³/mol. The molecule has 6 rings (SSSR count). The van der Waals surface area contributed by atoms with Gasteiger partial charge in [0.2, 0.25) is 0 Å². The van der Waals surface area contributed by atoms with Gasteiger partial charge < -0.3 is 4.40 Å². The first-order valence-corrected chi connectivity index (χ1v) is 12.3. The number of likely N-dealkylation sites (tertiary alicyclic amines) is 1. The minimum atomic E-state index is -0.217. The lowest BCUT2D eigenvalue weighted by atomic mass is 9.87. The van der Waals surface area contributed by atoms with Crippen molar-refractivity contribution in [1.82, 2.24) is 14.3 Å². The molecular formula is C30H30FN3. The maximum absolute atomic E-state index is 12.8. The standard InChI is InChI=1S/C30H30FN3/c1-21-7-2-4-10-26(21)28-12-6-9-23-8-3-5-11-27(23)30(28)24-13-14-34-20-25(32-29(34)15-24)19-33-17-22(16-31)18-33/h2-5,7-8,10-11,13-15,20,22H,6,9,12,16-19H2,1H3. The number of imidazole rings is 1. The first kappa shape index (κ1) is 21.3. The van der Waals surface area contributed by atoms with E-state index < -0.39 is 0 Å². The lowest BCUT2D eigenvalue weighted by Gasteiger charge is -2.37. The minimum absolute atomic E-state index is 0.200. The fourth-order valence-corrected chi connectivity index (χ4v) is 5.63. The molecule has 0 saturated carbocycles. The lowest BCUT2D eigenvalue weighted by molar-refractivity contribution is 0.0727. The second-order valence-electron chi connectivity index (χ2n) is 9.81. The van der Waals surface area contributed by atoms with Crippen LogP contribution in [-0.4, -0.2) is 34.0 Å². The Bertz CT molecular complexity index is 1380. The average molecular weight is 452 g/mol. The van der Waals surface area contributed by atoms with Crippen LogP contribution in [0, 0.1) is 12.8 Å². The summed E-state index contributed by atoms with van der Waals surface area (Å²) >= 11 is 0. The van der Waals surface area contributed by atoms with Gasteiger partial charge in [0, 0.05) is 37.9 Å². The van der Waals surface area contributed by atoms with E-state index >= 15 is 0 Å². The third-order valence-corrected chi connectivity index (χ3v) is 7.37. The number of allylic oxidation sites excluding steroid dienone is 1. The van der Waals surface area contributed by atoms with Crippen LogP contribution in [0.2, 0.25) is 0 Å². The number of hydrogen-bond donors (Lipinski definition) is 0. The molecule has 0 unspecified atom stereocenters. The minimum Gasteiger partial charge on any atom is -0.307 e. The Kier molecular flexibility index (Phi) is 5.54. The molecule has 1 aliphatic heterocycles. The molecule has 2 aromatic carbocycles. The van der Waals surface area contributed by atoms with Crippen LogP contribution in [0.25, 0.3) is 16.8 Å². The molecule has 3 heterocycles. The van der Waals surface area contributed by atoms with Gasteiger partial charge in [0.05, 0.1) is 12.4 Å². The van der Waals surface area contributed by atoms with E-state index in [-0.39, 0.29) is 12.6 Å². The van der Waals surface area contributed by atoms with Gasteiger partial charge in [0.15, 0.2) is 0 Å². The van der Waals surface area contributed by atoms with Crippen molar-refractivity contribution in [2.45, 2.75) is 32.7 Å². The molecule has 2 aliphatic rings. The number of fused-ring (bicyclic) bond motifs is 2. The first-order valence-electron chi connectivity index (χ1n) is 12.3. The van der Waals surface area contributed by atoms with E-state index in [1.807, 2.05) is 0 Å². The highest BCUT2D eigenvalue weighted by Crippen LogP contribution is 2.40. The van der Waals surface area contributed by atoms with Crippen molar-refractivity contribution in [1.29, 1.82) is 0 Å². The summed E-state index contributed by atoms with van der Waals surface area (Å²) in [6, 6.07) is 22.1. The third-order valence-electron chi connectivity index (χ3n) is 7.37. The highest BCUT2D eigenvalue weighted by atomic mass is 19.1. The van der Waals surface area contributed by atoms with Crippen molar-refractivity contribution in [3.05, 3.63) is 107 Å². The number of hydrogen-bond acceptors (Lipinski definition) is 2. The summed E-state index contributed by atoms with van der Waals surface area (Å²) in [5.74, 6) is 0.200. The maximum atomic E-state index is 12.8. The maximum Gasteiger partial charge on any atom is 0.137 e. The summed E-state index contributed by atoms with van der Waals surface area (Å²) in [6.45, 7) is 4.45. The Hall–Kier alpha value is -3.24. The largest absolute Gasteiger partial charge is 0.307 e. The predicted octanol–water partition coefficient (Wildman–Crippen LogP) is 6.34. The molecule has 1 fully saturated rings. The fourth-order valence-electron chi connectivity index (χ4n) is 5.63. The van der Waals surface area contributed by atoms with Crippen molar-refractivity contribution < 1.29 is 4.39 Å². The van der Waals surface area contributed by atoms with Gasteiger partial charge in [0.25, 0.3) is 0 Å². The molecule has 172 valence electrons. The normalized spacial score (nSPS) is 17.0. The monoisotopic (exact) mass is 451 g/mol. The van der Waals surface area contributed by atoms with Gasteiger partial charge >= 0.3 is 0 Å². The Morgan fingerprint density at radius 1 is 0.971 bits per heavy atom. The molecule has 0 amide bonds. The molecule has 1 saturated heterocycles. The quantitative estimate of drug-likeness (QED) is 0.353. The zero-order valence-corrected chi connectivity index (χ0v) is 19.7. The van der Waals surface area contributed by atoms with Crippen LogP contribution < -0.4 is 0 Å². The number of halogens is 1. The SMILES string of the molecule is Cc1ccccc1C1=C(c2ccn3cc(CN4CC(CF)C4)nc3c2)c2ccccc2CCC1. The number of alkyl halides is 1. The highest BCUT2D eigenvalue weighted by Gasteiger charge is 2.27. The van der Waals surface area contributed by atoms with E-state index in [0.717, 1.165) is 50.2 Å². The van der Waals surface area contributed by atoms with Crippen LogP contribution in [-0.2, 0) is 13.0 Å². The van der Waals surface area contributed by atoms with Crippen molar-refractivity contribution in [2.24, 2.45) is 5.92 Å². The van der Waals surface area contributed by atoms with Crippen LogP contribution in [0.4, 0.5) is 4.39 Å². The molecule has 0 radical (unpaired) electrons. The van der Waals surface area contributed by atoms with E-state index in [0.29, 0.717) is 0 Å². The molecule has 0 N–H and O–H groups in total. The Balaban J connectivity index is 1.45. The second kappa shape index (κ2) is 8.84. The van der Waals surface area contributed by atoms with Gasteiger partial charge in [-0.25, -0.2) is 4.98 Å². The van der Waals surface area contributed by atoms with Gasteiger partial charge in [-0.05, 0) is 77.3 Å². The number of aryl methyl sites for hydroxylation is 2. The number of rotatable bonds is 5. The number of benzene rings is 2. The summed E-state index contributed by atoms with van der Waals surface area (Å²) in [6.07, 6.45) is 7.55. The molecule has 4 heteroatoms. The molecule has 0 spiro atoms. The van der Waals surface area contributed by atoms with Crippen LogP contribution in [0.1, 0.15) is 46.4 Å². The van der Waals surface area contributed by atoms with Crippen molar-refractivity contribution >= 4 is 16.8 Å². The van der Waals surface area contributed by atoms with E-state index in [1.54, 1.807) is 0 Å². The third kappa shape index (κ3) is 3.86. The molecule has 0 bridgehead atoms. The second-order valence-corrected chi connectivity index (χ2v) is 9.81. The summed E-state index contributed by atoms with van der Waals surface area (Å²) in [7, 11) is 0. The Morgan fingerprint density at radius 3 is 2.59 bits per heavy atom. The Labute approximate surface area is 200 Å². The topological polar surface area (TPSA) is 20.5 Å². The number of pyridine rings is 1. The van der Waals surface area contributed by atoms with Gasteiger partial charge in [-0.2, -0.15) is 0 Å². The molecule has 34 heavy (non-hydrogen) atoms. The van der Waals surface area contributed by atoms with Crippen molar-refractivity contribution in [3.8, 4) is 0 Å². The van der Waals surface area contributed by atoms with Gasteiger partial charge in [-0.15, -0.1) is 0 Å². The van der Waals surface area contributed by atoms with E-state index in [2.05, 4.69) is 89.3 Å².